The molecule has 20 heavy (non-hydrogen) atoms. The largest absolute Gasteiger partial charge is 0.356 e. The van der Waals surface area contributed by atoms with Crippen LogP contribution in [0.3, 0.4) is 0 Å². The first kappa shape index (κ1) is 14.7. The highest BCUT2D eigenvalue weighted by atomic mass is 35.5. The smallest absolute Gasteiger partial charge is 0.226 e. The van der Waals surface area contributed by atoms with Crippen LogP contribution in [0.1, 0.15) is 12.0 Å². The second-order valence-electron chi connectivity index (χ2n) is 4.76. The lowest BCUT2D eigenvalue weighted by Gasteiger charge is -2.15. The van der Waals surface area contributed by atoms with E-state index in [1.807, 2.05) is 37.1 Å². The molecule has 1 heterocycles. The zero-order valence-corrected chi connectivity index (χ0v) is 12.5. The van der Waals surface area contributed by atoms with Crippen molar-refractivity contribution in [3.8, 4) is 0 Å². The first-order valence-corrected chi connectivity index (χ1v) is 7.00. The van der Waals surface area contributed by atoms with E-state index in [4.69, 9.17) is 11.6 Å². The maximum absolute atomic E-state index is 11.9. The molecule has 0 spiro atoms. The first-order valence-electron chi connectivity index (χ1n) is 6.62. The lowest BCUT2D eigenvalue weighted by atomic mass is 10.2. The minimum atomic E-state index is -0.0379. The second-order valence-corrected chi connectivity index (χ2v) is 5.17. The Balaban J connectivity index is 1.79. The van der Waals surface area contributed by atoms with E-state index in [1.165, 1.54) is 0 Å². The Hall–Kier alpha value is -1.75. The average molecular weight is 295 g/mol. The summed E-state index contributed by atoms with van der Waals surface area (Å²) in [6, 6.07) is 5.48. The quantitative estimate of drug-likeness (QED) is 0.891. The minimum Gasteiger partial charge on any atom is -0.356 e. The number of amides is 1. The minimum absolute atomic E-state index is 0.0379. The van der Waals surface area contributed by atoms with Gasteiger partial charge in [0.25, 0.3) is 0 Å². The van der Waals surface area contributed by atoms with Crippen molar-refractivity contribution in [2.75, 3.05) is 32.0 Å². The van der Waals surface area contributed by atoms with E-state index in [9.17, 15) is 4.79 Å². The number of hydrogen-bond acceptors (Lipinski definition) is 4. The van der Waals surface area contributed by atoms with Gasteiger partial charge in [-0.2, -0.15) is 0 Å². The summed E-state index contributed by atoms with van der Waals surface area (Å²) in [5, 5.41) is 6.69. The lowest BCUT2D eigenvalue weighted by molar-refractivity contribution is -0.116. The number of halogens is 1. The molecule has 0 saturated carbocycles. The Morgan fingerprint density at radius 2 is 2.30 bits per heavy atom. The van der Waals surface area contributed by atoms with Gasteiger partial charge < -0.3 is 15.5 Å². The van der Waals surface area contributed by atoms with Crippen LogP contribution in [-0.4, -0.2) is 43.4 Å². The molecular formula is C14H19ClN4O. The summed E-state index contributed by atoms with van der Waals surface area (Å²) in [5.74, 6) is 0.820. The molecule has 0 aliphatic carbocycles. The van der Waals surface area contributed by atoms with Crippen molar-refractivity contribution in [3.05, 3.63) is 28.8 Å². The van der Waals surface area contributed by atoms with E-state index in [-0.39, 0.29) is 5.91 Å². The zero-order chi connectivity index (χ0) is 14.5. The molecule has 0 radical (unpaired) electrons. The van der Waals surface area contributed by atoms with Gasteiger partial charge in [-0.05, 0) is 24.6 Å². The van der Waals surface area contributed by atoms with Gasteiger partial charge in [0, 0.05) is 37.3 Å². The number of carbonyl (C=O) groups excluding carboxylic acids is 1. The maximum Gasteiger partial charge on any atom is 0.226 e. The Bertz CT molecular complexity index is 530. The molecule has 1 aromatic carbocycles. The van der Waals surface area contributed by atoms with E-state index in [0.717, 1.165) is 30.3 Å². The number of likely N-dealkylation sites (N-methyl/N-ethyl adjacent to an activating group) is 1. The highest BCUT2D eigenvalue weighted by Crippen LogP contribution is 2.22. The third-order valence-corrected chi connectivity index (χ3v) is 3.64. The molecule has 1 aliphatic heterocycles. The van der Waals surface area contributed by atoms with Crippen LogP contribution in [0.25, 0.3) is 0 Å². The van der Waals surface area contributed by atoms with Gasteiger partial charge in [0.05, 0.1) is 6.54 Å². The van der Waals surface area contributed by atoms with Crippen molar-refractivity contribution < 1.29 is 4.79 Å². The predicted octanol–water partition coefficient (Wildman–Crippen LogP) is 1.87. The van der Waals surface area contributed by atoms with Crippen molar-refractivity contribution in [2.45, 2.75) is 13.3 Å². The van der Waals surface area contributed by atoms with Crippen molar-refractivity contribution in [3.63, 3.8) is 0 Å². The highest BCUT2D eigenvalue weighted by Gasteiger charge is 2.12. The number of hydrogen-bond donors (Lipinski definition) is 2. The van der Waals surface area contributed by atoms with Gasteiger partial charge in [-0.3, -0.25) is 9.79 Å². The molecule has 0 aromatic heterocycles. The van der Waals surface area contributed by atoms with Crippen LogP contribution in [0.15, 0.2) is 23.2 Å². The fourth-order valence-corrected chi connectivity index (χ4v) is 2.14. The Labute approximate surface area is 124 Å². The topological polar surface area (TPSA) is 56.7 Å². The number of benzene rings is 1. The molecule has 0 fully saturated rings. The zero-order valence-electron chi connectivity index (χ0n) is 11.7. The molecule has 2 N–H and O–H groups in total. The van der Waals surface area contributed by atoms with E-state index in [2.05, 4.69) is 15.6 Å². The summed E-state index contributed by atoms with van der Waals surface area (Å²) in [4.78, 5) is 18.2. The van der Waals surface area contributed by atoms with Crippen LogP contribution in [0.4, 0.5) is 5.69 Å². The van der Waals surface area contributed by atoms with Crippen molar-refractivity contribution in [1.29, 1.82) is 0 Å². The van der Waals surface area contributed by atoms with E-state index >= 15 is 0 Å². The maximum atomic E-state index is 11.9. The van der Waals surface area contributed by atoms with Crippen LogP contribution in [0, 0.1) is 6.92 Å². The summed E-state index contributed by atoms with van der Waals surface area (Å²) in [6.45, 7) is 4.19. The van der Waals surface area contributed by atoms with Gasteiger partial charge in [0.2, 0.25) is 5.91 Å². The molecule has 0 unspecified atom stereocenters. The standard InChI is InChI=1S/C14H19ClN4O/c1-10-11(15)4-3-5-12(10)18-13(20)6-7-16-14-17-8-9-19(14)2/h3-5H,6-9H2,1-2H3,(H,16,17)(H,18,20). The summed E-state index contributed by atoms with van der Waals surface area (Å²) in [5.41, 5.74) is 1.65. The summed E-state index contributed by atoms with van der Waals surface area (Å²) >= 11 is 6.02. The number of aliphatic imine (C=N–C) groups is 1. The molecule has 1 aromatic rings. The van der Waals surface area contributed by atoms with Crippen LogP contribution in [0.2, 0.25) is 5.02 Å². The fraction of sp³-hybridized carbons (Fsp3) is 0.429. The van der Waals surface area contributed by atoms with E-state index < -0.39 is 0 Å². The molecule has 0 atom stereocenters. The number of nitrogens with one attached hydrogen (secondary N) is 2. The lowest BCUT2D eigenvalue weighted by Crippen LogP contribution is -2.37. The molecule has 1 amide bonds. The van der Waals surface area contributed by atoms with Crippen LogP contribution in [-0.2, 0) is 4.79 Å². The Kier molecular flexibility index (Phi) is 4.84. The summed E-state index contributed by atoms with van der Waals surface area (Å²) < 4.78 is 0. The second kappa shape index (κ2) is 6.61. The highest BCUT2D eigenvalue weighted by molar-refractivity contribution is 6.31. The van der Waals surface area contributed by atoms with Gasteiger partial charge in [0.1, 0.15) is 0 Å². The molecular weight excluding hydrogens is 276 g/mol. The third kappa shape index (κ3) is 3.63. The molecule has 0 bridgehead atoms. The number of anilines is 1. The SMILES string of the molecule is Cc1c(Cl)cccc1NC(=O)CCNC1=NCCN1C. The molecule has 108 valence electrons. The van der Waals surface area contributed by atoms with Gasteiger partial charge in [0.15, 0.2) is 5.96 Å². The van der Waals surface area contributed by atoms with Crippen LogP contribution >= 0.6 is 11.6 Å². The monoisotopic (exact) mass is 294 g/mol. The molecule has 6 heteroatoms. The van der Waals surface area contributed by atoms with Gasteiger partial charge >= 0.3 is 0 Å². The summed E-state index contributed by atoms with van der Waals surface area (Å²) in [6.07, 6.45) is 0.388. The van der Waals surface area contributed by atoms with Crippen molar-refractivity contribution in [2.24, 2.45) is 4.99 Å². The first-order chi connectivity index (χ1) is 9.58. The molecule has 1 aliphatic rings. The van der Waals surface area contributed by atoms with Crippen molar-refractivity contribution in [1.82, 2.24) is 10.2 Å². The number of nitrogens with zero attached hydrogens (tertiary/aromatic N) is 2. The third-order valence-electron chi connectivity index (χ3n) is 3.24. The van der Waals surface area contributed by atoms with E-state index in [1.54, 1.807) is 0 Å². The molecule has 0 saturated heterocycles. The number of carbonyl (C=O) groups is 1. The predicted molar refractivity (Wildman–Crippen MR) is 82.4 cm³/mol. The Morgan fingerprint density at radius 1 is 1.50 bits per heavy atom. The van der Waals surface area contributed by atoms with E-state index in [0.29, 0.717) is 18.0 Å². The normalized spacial score (nSPS) is 14.2. The fourth-order valence-electron chi connectivity index (χ4n) is 1.97. The number of guanidine groups is 1. The summed E-state index contributed by atoms with van der Waals surface area (Å²) in [7, 11) is 1.98. The molecule has 2 rings (SSSR count). The van der Waals surface area contributed by atoms with Gasteiger partial charge in [-0.15, -0.1) is 0 Å². The van der Waals surface area contributed by atoms with Crippen LogP contribution in [0.5, 0.6) is 0 Å². The van der Waals surface area contributed by atoms with Crippen molar-refractivity contribution >= 4 is 29.2 Å². The molecule has 5 nitrogen and oxygen atoms in total. The van der Waals surface area contributed by atoms with Gasteiger partial charge in [-0.1, -0.05) is 17.7 Å². The average Bonchev–Trinajstić information content (AvgIpc) is 2.81. The number of rotatable bonds is 4. The Morgan fingerprint density at radius 3 is 3.00 bits per heavy atom. The van der Waals surface area contributed by atoms with Gasteiger partial charge in [-0.25, -0.2) is 0 Å². The van der Waals surface area contributed by atoms with Crippen LogP contribution < -0.4 is 10.6 Å².